The molecule has 0 radical (unpaired) electrons. The highest BCUT2D eigenvalue weighted by molar-refractivity contribution is 5.88. The first-order valence-electron chi connectivity index (χ1n) is 24.7. The van der Waals surface area contributed by atoms with Gasteiger partial charge in [-0.2, -0.15) is 0 Å². The van der Waals surface area contributed by atoms with E-state index in [-0.39, 0.29) is 0 Å². The summed E-state index contributed by atoms with van der Waals surface area (Å²) >= 11 is 0. The lowest BCUT2D eigenvalue weighted by atomic mass is 9.85. The van der Waals surface area contributed by atoms with Crippen LogP contribution in [0.2, 0.25) is 0 Å². The van der Waals surface area contributed by atoms with Gasteiger partial charge < -0.3 is 9.80 Å². The zero-order valence-corrected chi connectivity index (χ0v) is 39.1. The highest BCUT2D eigenvalue weighted by Gasteiger charge is 2.22. The van der Waals surface area contributed by atoms with Crippen molar-refractivity contribution >= 4 is 57.9 Å². The average Bonchev–Trinajstić information content (AvgIpc) is 3.42. The zero-order valence-electron chi connectivity index (χ0n) is 39.1. The van der Waals surface area contributed by atoms with Gasteiger partial charge in [-0.1, -0.05) is 189 Å². The molecule has 3 aliphatic carbocycles. The Morgan fingerprint density at radius 1 is 0.377 bits per heavy atom. The summed E-state index contributed by atoms with van der Waals surface area (Å²) in [6.45, 7) is 2.35. The fourth-order valence-corrected chi connectivity index (χ4v) is 11.0. The number of fused-ring (bicyclic) bond motifs is 3. The van der Waals surface area contributed by atoms with Crippen LogP contribution in [0.4, 0.5) is 34.1 Å². The maximum atomic E-state index is 2.46. The molecule has 12 rings (SSSR count). The van der Waals surface area contributed by atoms with Crippen LogP contribution in [-0.2, 0) is 12.8 Å². The monoisotopic (exact) mass is 886 g/mol. The summed E-state index contributed by atoms with van der Waals surface area (Å²) in [7, 11) is 0. The topological polar surface area (TPSA) is 6.48 Å². The van der Waals surface area contributed by atoms with Crippen LogP contribution in [0.1, 0.15) is 54.0 Å². The maximum Gasteiger partial charge on any atom is 0.0536 e. The van der Waals surface area contributed by atoms with Gasteiger partial charge in [-0.25, -0.2) is 0 Å². The second-order valence-corrected chi connectivity index (χ2v) is 18.8. The number of allylic oxidation sites excluding steroid dienone is 2. The van der Waals surface area contributed by atoms with E-state index < -0.39 is 0 Å². The molecule has 69 heavy (non-hydrogen) atoms. The van der Waals surface area contributed by atoms with E-state index in [1.54, 1.807) is 0 Å². The van der Waals surface area contributed by atoms with Crippen molar-refractivity contribution < 1.29 is 0 Å². The van der Waals surface area contributed by atoms with E-state index in [1.165, 1.54) is 88.6 Å². The molecular weight excluding hydrogens is 833 g/mol. The number of hydrogen-bond acceptors (Lipinski definition) is 2. The summed E-state index contributed by atoms with van der Waals surface area (Å²) in [6.07, 6.45) is 17.0. The minimum absolute atomic E-state index is 0.416. The number of aryl methyl sites for hydroxylation is 2. The predicted octanol–water partition coefficient (Wildman–Crippen LogP) is 16.6. The normalized spacial score (nSPS) is 14.6. The minimum atomic E-state index is 0.416. The lowest BCUT2D eigenvalue weighted by Crippen LogP contribution is -2.33. The smallest absolute Gasteiger partial charge is 0.0536 e. The van der Waals surface area contributed by atoms with Crippen molar-refractivity contribution in [2.45, 2.75) is 39.0 Å². The highest BCUT2D eigenvalue weighted by Crippen LogP contribution is 2.43. The first kappa shape index (κ1) is 42.2. The second-order valence-electron chi connectivity index (χ2n) is 18.8. The molecule has 0 amide bonds. The van der Waals surface area contributed by atoms with Gasteiger partial charge in [0.25, 0.3) is 0 Å². The van der Waals surface area contributed by atoms with E-state index >= 15 is 0 Å². The summed E-state index contributed by atoms with van der Waals surface area (Å²) < 4.78 is 0. The zero-order chi connectivity index (χ0) is 46.1. The molecule has 0 aromatic heterocycles. The molecule has 332 valence electrons. The summed E-state index contributed by atoms with van der Waals surface area (Å²) in [5.74, 6) is 0.416. The molecule has 0 N–H and O–H groups in total. The van der Waals surface area contributed by atoms with Gasteiger partial charge >= 0.3 is 0 Å². The summed E-state index contributed by atoms with van der Waals surface area (Å²) in [5.41, 5.74) is 22.4. The van der Waals surface area contributed by atoms with Crippen LogP contribution < -0.4 is 20.2 Å². The van der Waals surface area contributed by atoms with Crippen LogP contribution in [0.25, 0.3) is 57.2 Å². The number of anilines is 6. The molecule has 3 aliphatic rings. The van der Waals surface area contributed by atoms with Gasteiger partial charge in [0.1, 0.15) is 0 Å². The number of nitrogens with zero attached hydrogens (tertiary/aromatic N) is 2. The molecule has 2 heteroatoms. The van der Waals surface area contributed by atoms with Crippen LogP contribution in [-0.4, -0.2) is 0 Å². The summed E-state index contributed by atoms with van der Waals surface area (Å²) in [6, 6.07) is 78.5. The molecule has 0 aliphatic heterocycles. The van der Waals surface area contributed by atoms with Gasteiger partial charge in [0, 0.05) is 33.9 Å². The third-order valence-corrected chi connectivity index (χ3v) is 14.3. The van der Waals surface area contributed by atoms with Gasteiger partial charge in [-0.05, 0) is 165 Å². The number of rotatable bonds is 10. The third kappa shape index (κ3) is 8.23. The van der Waals surface area contributed by atoms with Gasteiger partial charge in [0.05, 0.1) is 11.4 Å². The van der Waals surface area contributed by atoms with Crippen molar-refractivity contribution in [2.24, 2.45) is 5.92 Å². The Morgan fingerprint density at radius 3 is 1.28 bits per heavy atom. The Morgan fingerprint density at radius 2 is 0.797 bits per heavy atom. The van der Waals surface area contributed by atoms with Crippen molar-refractivity contribution in [2.75, 3.05) is 9.80 Å². The van der Waals surface area contributed by atoms with E-state index in [1.807, 2.05) is 0 Å². The van der Waals surface area contributed by atoms with E-state index in [0.29, 0.717) is 5.92 Å². The van der Waals surface area contributed by atoms with Gasteiger partial charge in [-0.3, -0.25) is 0 Å². The fourth-order valence-electron chi connectivity index (χ4n) is 11.0. The van der Waals surface area contributed by atoms with Crippen molar-refractivity contribution in [3.63, 3.8) is 0 Å². The molecule has 0 heterocycles. The van der Waals surface area contributed by atoms with Crippen LogP contribution in [0.15, 0.2) is 224 Å². The van der Waals surface area contributed by atoms with Gasteiger partial charge in [0.15, 0.2) is 0 Å². The lowest BCUT2D eigenvalue weighted by Gasteiger charge is -2.29. The molecule has 1 unspecified atom stereocenters. The highest BCUT2D eigenvalue weighted by atomic mass is 15.1. The Labute approximate surface area is 406 Å². The molecule has 0 saturated heterocycles. The first-order valence-corrected chi connectivity index (χ1v) is 24.7. The molecule has 1 atom stereocenters. The minimum Gasteiger partial charge on any atom is -0.310 e. The number of benzene rings is 9. The van der Waals surface area contributed by atoms with E-state index in [9.17, 15) is 0 Å². The first-order chi connectivity index (χ1) is 34.1. The van der Waals surface area contributed by atoms with Crippen LogP contribution >= 0.6 is 0 Å². The summed E-state index contributed by atoms with van der Waals surface area (Å²) in [4.78, 5) is 4.88. The van der Waals surface area contributed by atoms with Crippen molar-refractivity contribution in [3.05, 3.63) is 263 Å². The van der Waals surface area contributed by atoms with Crippen molar-refractivity contribution in [3.8, 4) is 33.4 Å². The Bertz CT molecular complexity index is 3490. The molecule has 9 aromatic carbocycles. The van der Waals surface area contributed by atoms with Crippen LogP contribution in [0.3, 0.4) is 0 Å². The van der Waals surface area contributed by atoms with Crippen LogP contribution in [0, 0.1) is 5.92 Å². The Kier molecular flexibility index (Phi) is 11.3. The molecule has 0 saturated carbocycles. The van der Waals surface area contributed by atoms with E-state index in [2.05, 4.69) is 259 Å². The number of hydrogen-bond donors (Lipinski definition) is 0. The van der Waals surface area contributed by atoms with Gasteiger partial charge in [-0.15, -0.1) is 0 Å². The SMILES string of the molecule is CC1C=c2cccc(-c3ccc(N(c4ccc(-c5ccccc5)cc4)c4cccc5c4C=CCC5)cc3)c2=C(c2ccc(N(c3ccc(-c4ccccc4)cc3)c3cccc4c3C=CCC4)cc2)C1. The largest absolute Gasteiger partial charge is 0.310 e. The average molecular weight is 887 g/mol. The fraction of sp³-hybridized carbons (Fsp3) is 0.104. The third-order valence-electron chi connectivity index (χ3n) is 14.3. The van der Waals surface area contributed by atoms with Crippen molar-refractivity contribution in [1.29, 1.82) is 0 Å². The van der Waals surface area contributed by atoms with Crippen LogP contribution in [0.5, 0.6) is 0 Å². The molecule has 0 spiro atoms. The molecule has 2 nitrogen and oxygen atoms in total. The standard InChI is InChI=1S/C67H54N2/c1-47-45-56-23-12-26-63(54-33-41-59(42-34-54)68(65-27-13-21-52-19-8-10-24-61(52)65)57-37-29-50(30-38-57)48-15-4-2-5-16-48)67(56)64(46-47)55-35-43-60(44-36-55)69(66-28-14-22-53-20-9-11-25-62(53)66)58-39-31-51(32-40-58)49-17-6-3-7-18-49/h2-7,10-18,21-45,47H,8-9,19-20,46H2,1H3. The second kappa shape index (κ2) is 18.5. The van der Waals surface area contributed by atoms with Gasteiger partial charge in [0.2, 0.25) is 0 Å². The molecule has 0 fully saturated rings. The molecule has 9 aromatic rings. The lowest BCUT2D eigenvalue weighted by molar-refractivity contribution is 0.786. The van der Waals surface area contributed by atoms with Crippen molar-refractivity contribution in [1.82, 2.24) is 0 Å². The predicted molar refractivity (Wildman–Crippen MR) is 293 cm³/mol. The van der Waals surface area contributed by atoms with E-state index in [0.717, 1.165) is 54.9 Å². The molecule has 0 bridgehead atoms. The Balaban J connectivity index is 0.932. The molecular formula is C67H54N2. The Hall–Kier alpha value is -8.20. The van der Waals surface area contributed by atoms with E-state index in [4.69, 9.17) is 0 Å². The quantitative estimate of drug-likeness (QED) is 0.135. The maximum absolute atomic E-state index is 2.46. The summed E-state index contributed by atoms with van der Waals surface area (Å²) in [5, 5.41) is 2.64.